The lowest BCUT2D eigenvalue weighted by molar-refractivity contribution is 0.0697. The Hall–Kier alpha value is -2.89. The fourth-order valence-corrected chi connectivity index (χ4v) is 3.31. The standard InChI is InChI=1S/C18H16ClN5O2S/c19-15-9-13(2-3-14(15)17(25)26)22-18(27)24-7-5-23(6-8-24)16-4-1-12(10-20)11-21-16/h1-4,9,11H,5-8H2,(H,22,27)(H,25,26). The quantitative estimate of drug-likeness (QED) is 0.758. The number of carboxylic acid groups (broad SMARTS) is 1. The Balaban J connectivity index is 1.57. The van der Waals surface area contributed by atoms with Gasteiger partial charge >= 0.3 is 5.97 Å². The number of nitriles is 1. The van der Waals surface area contributed by atoms with Crippen LogP contribution in [0.25, 0.3) is 0 Å². The minimum Gasteiger partial charge on any atom is -0.478 e. The van der Waals surface area contributed by atoms with E-state index < -0.39 is 5.97 Å². The SMILES string of the molecule is N#Cc1ccc(N2CCN(C(=S)Nc3ccc(C(=O)O)c(Cl)c3)CC2)nc1. The molecule has 2 heterocycles. The number of piperazine rings is 1. The van der Waals surface area contributed by atoms with Crippen molar-refractivity contribution in [3.05, 3.63) is 52.7 Å². The second-order valence-electron chi connectivity index (χ2n) is 5.92. The molecule has 7 nitrogen and oxygen atoms in total. The molecule has 0 bridgehead atoms. The van der Waals surface area contributed by atoms with Gasteiger partial charge in [0.1, 0.15) is 11.9 Å². The molecule has 1 aliphatic heterocycles. The van der Waals surface area contributed by atoms with Crippen molar-refractivity contribution in [2.24, 2.45) is 0 Å². The number of carboxylic acids is 1. The minimum atomic E-state index is -1.07. The number of pyridine rings is 1. The van der Waals surface area contributed by atoms with Gasteiger partial charge in [0.15, 0.2) is 5.11 Å². The third kappa shape index (κ3) is 4.45. The smallest absolute Gasteiger partial charge is 0.337 e. The molecule has 2 N–H and O–H groups in total. The maximum Gasteiger partial charge on any atom is 0.337 e. The third-order valence-corrected chi connectivity index (χ3v) is 4.89. The first-order chi connectivity index (χ1) is 13.0. The highest BCUT2D eigenvalue weighted by molar-refractivity contribution is 7.80. The van der Waals surface area contributed by atoms with Gasteiger partial charge in [0.25, 0.3) is 0 Å². The van der Waals surface area contributed by atoms with Crippen LogP contribution < -0.4 is 10.2 Å². The van der Waals surface area contributed by atoms with Gasteiger partial charge in [-0.25, -0.2) is 9.78 Å². The molecular formula is C18H16ClN5O2S. The van der Waals surface area contributed by atoms with Gasteiger partial charge in [-0.1, -0.05) is 11.6 Å². The van der Waals surface area contributed by atoms with Crippen LogP contribution in [0.5, 0.6) is 0 Å². The van der Waals surface area contributed by atoms with Crippen LogP contribution in [0, 0.1) is 11.3 Å². The Labute approximate surface area is 166 Å². The van der Waals surface area contributed by atoms with Gasteiger partial charge in [-0.3, -0.25) is 0 Å². The minimum absolute atomic E-state index is 0.0525. The van der Waals surface area contributed by atoms with Crippen molar-refractivity contribution in [3.8, 4) is 6.07 Å². The summed E-state index contributed by atoms with van der Waals surface area (Å²) in [5.74, 6) is -0.231. The van der Waals surface area contributed by atoms with E-state index in [2.05, 4.69) is 21.3 Å². The number of halogens is 1. The largest absolute Gasteiger partial charge is 0.478 e. The number of hydrogen-bond donors (Lipinski definition) is 2. The van der Waals surface area contributed by atoms with Crippen LogP contribution in [0.1, 0.15) is 15.9 Å². The summed E-state index contributed by atoms with van der Waals surface area (Å²) in [7, 11) is 0. The Bertz CT molecular complexity index is 905. The Morgan fingerprint density at radius 2 is 2.00 bits per heavy atom. The molecule has 9 heteroatoms. The van der Waals surface area contributed by atoms with Crippen molar-refractivity contribution < 1.29 is 9.90 Å². The van der Waals surface area contributed by atoms with Gasteiger partial charge in [-0.05, 0) is 42.5 Å². The second kappa shape index (κ2) is 8.20. The first-order valence-electron chi connectivity index (χ1n) is 8.18. The lowest BCUT2D eigenvalue weighted by Crippen LogP contribution is -2.50. The average Bonchev–Trinajstić information content (AvgIpc) is 2.68. The Kier molecular flexibility index (Phi) is 5.74. The number of anilines is 2. The molecule has 1 saturated heterocycles. The van der Waals surface area contributed by atoms with Gasteiger partial charge in [0, 0.05) is 38.1 Å². The van der Waals surface area contributed by atoms with E-state index in [1.165, 1.54) is 6.07 Å². The number of nitrogens with zero attached hydrogens (tertiary/aromatic N) is 4. The monoisotopic (exact) mass is 401 g/mol. The van der Waals surface area contributed by atoms with Crippen molar-refractivity contribution in [2.45, 2.75) is 0 Å². The predicted molar refractivity (Wildman–Crippen MR) is 107 cm³/mol. The maximum absolute atomic E-state index is 11.0. The molecule has 0 saturated carbocycles. The molecule has 27 heavy (non-hydrogen) atoms. The zero-order valence-electron chi connectivity index (χ0n) is 14.2. The predicted octanol–water partition coefficient (Wildman–Crippen LogP) is 2.82. The maximum atomic E-state index is 11.0. The van der Waals surface area contributed by atoms with Gasteiger partial charge in [0.2, 0.25) is 0 Å². The molecule has 3 rings (SSSR count). The molecule has 2 aromatic rings. The van der Waals surface area contributed by atoms with Crippen LogP contribution in [0.3, 0.4) is 0 Å². The van der Waals surface area contributed by atoms with E-state index in [9.17, 15) is 4.79 Å². The fourth-order valence-electron chi connectivity index (χ4n) is 2.75. The summed E-state index contributed by atoms with van der Waals surface area (Å²) in [6.07, 6.45) is 1.57. The molecule has 0 spiro atoms. The van der Waals surface area contributed by atoms with Crippen LogP contribution >= 0.6 is 23.8 Å². The van der Waals surface area contributed by atoms with Crippen molar-refractivity contribution >= 4 is 46.4 Å². The van der Waals surface area contributed by atoms with Gasteiger partial charge in [-0.2, -0.15) is 5.26 Å². The van der Waals surface area contributed by atoms with Crippen molar-refractivity contribution in [1.29, 1.82) is 5.26 Å². The highest BCUT2D eigenvalue weighted by atomic mass is 35.5. The number of aromatic nitrogens is 1. The first-order valence-corrected chi connectivity index (χ1v) is 8.96. The van der Waals surface area contributed by atoms with Crippen LogP contribution in [0.15, 0.2) is 36.5 Å². The molecule has 0 atom stereocenters. The summed E-state index contributed by atoms with van der Waals surface area (Å²) < 4.78 is 0. The first kappa shape index (κ1) is 18.9. The third-order valence-electron chi connectivity index (χ3n) is 4.22. The van der Waals surface area contributed by atoms with Gasteiger partial charge in [0.05, 0.1) is 16.1 Å². The summed E-state index contributed by atoms with van der Waals surface area (Å²) in [5.41, 5.74) is 1.23. The lowest BCUT2D eigenvalue weighted by atomic mass is 10.2. The molecule has 0 aliphatic carbocycles. The van der Waals surface area contributed by atoms with Crippen molar-refractivity contribution in [1.82, 2.24) is 9.88 Å². The number of hydrogen-bond acceptors (Lipinski definition) is 5. The van der Waals surface area contributed by atoms with E-state index in [0.717, 1.165) is 18.9 Å². The molecule has 138 valence electrons. The molecule has 0 radical (unpaired) electrons. The summed E-state index contributed by atoms with van der Waals surface area (Å²) in [6.45, 7) is 2.93. The summed E-state index contributed by atoms with van der Waals surface area (Å²) >= 11 is 11.4. The molecule has 1 fully saturated rings. The van der Waals surface area contributed by atoms with Crippen molar-refractivity contribution in [2.75, 3.05) is 36.4 Å². The highest BCUT2D eigenvalue weighted by Gasteiger charge is 2.20. The van der Waals surface area contributed by atoms with Crippen molar-refractivity contribution in [3.63, 3.8) is 0 Å². The summed E-state index contributed by atoms with van der Waals surface area (Å²) in [4.78, 5) is 19.5. The normalized spacial score (nSPS) is 13.8. The van der Waals surface area contributed by atoms with E-state index in [1.54, 1.807) is 24.4 Å². The average molecular weight is 402 g/mol. The van der Waals surface area contributed by atoms with E-state index >= 15 is 0 Å². The second-order valence-corrected chi connectivity index (χ2v) is 6.71. The molecule has 1 aromatic carbocycles. The molecule has 1 aromatic heterocycles. The number of carbonyl (C=O) groups is 1. The van der Waals surface area contributed by atoms with E-state index in [1.807, 2.05) is 11.0 Å². The summed E-state index contributed by atoms with van der Waals surface area (Å²) in [5, 5.41) is 21.7. The van der Waals surface area contributed by atoms with E-state index in [-0.39, 0.29) is 10.6 Å². The molecule has 1 aliphatic rings. The molecular weight excluding hydrogens is 386 g/mol. The molecule has 0 amide bonds. The molecule has 0 unspecified atom stereocenters. The zero-order chi connectivity index (χ0) is 19.4. The summed E-state index contributed by atoms with van der Waals surface area (Å²) in [6, 6.07) is 10.3. The highest BCUT2D eigenvalue weighted by Crippen LogP contribution is 2.22. The van der Waals surface area contributed by atoms with Gasteiger partial charge < -0.3 is 20.2 Å². The van der Waals surface area contributed by atoms with Crippen LogP contribution in [-0.2, 0) is 0 Å². The van der Waals surface area contributed by atoms with Gasteiger partial charge in [-0.15, -0.1) is 0 Å². The Morgan fingerprint density at radius 3 is 2.56 bits per heavy atom. The number of aromatic carboxylic acids is 1. The fraction of sp³-hybridized carbons (Fsp3) is 0.222. The van der Waals surface area contributed by atoms with E-state index in [4.69, 9.17) is 34.2 Å². The topological polar surface area (TPSA) is 92.5 Å². The Morgan fingerprint density at radius 1 is 1.26 bits per heavy atom. The zero-order valence-corrected chi connectivity index (χ0v) is 15.8. The number of nitrogens with one attached hydrogen (secondary N) is 1. The van der Waals surface area contributed by atoms with Crippen LogP contribution in [-0.4, -0.2) is 52.3 Å². The lowest BCUT2D eigenvalue weighted by Gasteiger charge is -2.36. The number of rotatable bonds is 3. The van der Waals surface area contributed by atoms with E-state index in [0.29, 0.717) is 29.5 Å². The van der Waals surface area contributed by atoms with Crippen LogP contribution in [0.2, 0.25) is 5.02 Å². The number of benzene rings is 1. The van der Waals surface area contributed by atoms with Crippen LogP contribution in [0.4, 0.5) is 11.5 Å². The number of thiocarbonyl (C=S) groups is 1.